The highest BCUT2D eigenvalue weighted by atomic mass is 127. The number of ether oxygens (including phenoxy) is 2. The monoisotopic (exact) mass is 464 g/mol. The first kappa shape index (κ1) is 21.2. The van der Waals surface area contributed by atoms with Crippen molar-refractivity contribution < 1.29 is 19.4 Å². The molecule has 0 bridgehead atoms. The van der Waals surface area contributed by atoms with Gasteiger partial charge in [-0.3, -0.25) is 0 Å². The van der Waals surface area contributed by atoms with E-state index in [1.54, 1.807) is 8.93 Å². The maximum Gasteiger partial charge on any atom is 0.342 e. The number of halogens is 1. The van der Waals surface area contributed by atoms with Gasteiger partial charge in [0.25, 0.3) is 0 Å². The first-order valence-electron chi connectivity index (χ1n) is 7.81. The Morgan fingerprint density at radius 3 is 2.62 bits per heavy atom. The molecule has 1 heterocycles. The van der Waals surface area contributed by atoms with Crippen LogP contribution in [0, 0.1) is 5.92 Å². The molecule has 0 aromatic heterocycles. The quantitative estimate of drug-likeness (QED) is 0.132. The summed E-state index contributed by atoms with van der Waals surface area (Å²) < 4.78 is 11.0. The normalized spacial score (nSPS) is 17.6. The summed E-state index contributed by atoms with van der Waals surface area (Å²) in [6, 6.07) is 0. The Bertz CT molecular complexity index is 566. The van der Waals surface area contributed by atoms with Gasteiger partial charge in [0.1, 0.15) is 23.7 Å². The van der Waals surface area contributed by atoms with E-state index in [-0.39, 0.29) is 18.3 Å². The van der Waals surface area contributed by atoms with E-state index in [2.05, 4.69) is 27.8 Å². The first-order valence-corrected chi connectivity index (χ1v) is 11.3. The van der Waals surface area contributed by atoms with Crippen LogP contribution in [0.5, 0.6) is 0 Å². The number of cyclic esters (lactones) is 1. The fraction of sp³-hybridized carbons (Fsp3) is 0.500. The Labute approximate surface area is 160 Å². The number of rotatable bonds is 8. The highest BCUT2D eigenvalue weighted by Crippen LogP contribution is 2.32. The molecular weight excluding hydrogens is 439 g/mol. The average molecular weight is 464 g/mol. The molecule has 1 aliphatic heterocycles. The second kappa shape index (κ2) is 10.2. The number of carbonyl (C=O) groups excluding carboxylic acids is 1. The Hall–Kier alpha value is -0.890. The molecule has 24 heavy (non-hydrogen) atoms. The third-order valence-corrected chi connectivity index (χ3v) is 5.06. The number of aliphatic hydroxyl groups is 1. The predicted molar refractivity (Wildman–Crippen MR) is 108 cm³/mol. The molecule has 0 radical (unpaired) electrons. The van der Waals surface area contributed by atoms with Crippen molar-refractivity contribution in [2.45, 2.75) is 34.1 Å². The number of allylic oxidation sites excluding steroid dienone is 4. The minimum Gasteiger partial charge on any atom is -0.512 e. The fourth-order valence-corrected chi connectivity index (χ4v) is 2.83. The number of aliphatic hydroxyl groups excluding tert-OH is 1. The lowest BCUT2D eigenvalue weighted by molar-refractivity contribution is -0.135. The zero-order valence-electron chi connectivity index (χ0n) is 14.6. The van der Waals surface area contributed by atoms with Crippen LogP contribution in [0.15, 0.2) is 46.5 Å². The maximum absolute atomic E-state index is 12.1. The van der Waals surface area contributed by atoms with Crippen LogP contribution in [0.1, 0.15) is 34.1 Å². The van der Waals surface area contributed by atoms with Gasteiger partial charge in [0, 0.05) is 22.8 Å². The van der Waals surface area contributed by atoms with Gasteiger partial charge in [-0.05, 0) is 41.5 Å². The van der Waals surface area contributed by atoms with Crippen molar-refractivity contribution >= 4 is 36.1 Å². The van der Waals surface area contributed by atoms with Gasteiger partial charge in [-0.25, -0.2) is 4.79 Å². The predicted octanol–water partition coefficient (Wildman–Crippen LogP) is 5.28. The third kappa shape index (κ3) is 5.88. The lowest BCUT2D eigenvalue weighted by Gasteiger charge is -2.18. The van der Waals surface area contributed by atoms with Crippen molar-refractivity contribution in [2.75, 3.05) is 19.0 Å². The van der Waals surface area contributed by atoms with E-state index in [1.807, 2.05) is 33.8 Å². The molecule has 1 rings (SSSR count). The van der Waals surface area contributed by atoms with Gasteiger partial charge >= 0.3 is 5.97 Å². The number of hydrogen-bond acceptors (Lipinski definition) is 5. The molecule has 0 aromatic carbocycles. The Kier molecular flexibility index (Phi) is 8.97. The van der Waals surface area contributed by atoms with Crippen molar-refractivity contribution in [3.05, 3.63) is 46.5 Å². The lowest BCUT2D eigenvalue weighted by Crippen LogP contribution is -2.11. The summed E-state index contributed by atoms with van der Waals surface area (Å²) in [5.41, 5.74) is 2.69. The molecule has 1 N–H and O–H groups in total. The molecule has 0 aliphatic carbocycles. The van der Waals surface area contributed by atoms with E-state index < -0.39 is 5.97 Å². The molecular formula is C18H25IO4S. The van der Waals surface area contributed by atoms with Crippen LogP contribution < -0.4 is 0 Å². The second-order valence-corrected chi connectivity index (χ2v) is 8.54. The SMILES string of the molecule is C=C1COC(=O)/C1=C(OCCSI)/C(CC=C(C)C)=C(/O)C(C)C. The summed E-state index contributed by atoms with van der Waals surface area (Å²) in [4.78, 5) is 12.1. The largest absolute Gasteiger partial charge is 0.512 e. The molecule has 1 saturated heterocycles. The van der Waals surface area contributed by atoms with Crippen LogP contribution in [0.25, 0.3) is 0 Å². The summed E-state index contributed by atoms with van der Waals surface area (Å²) in [6.45, 7) is 12.3. The van der Waals surface area contributed by atoms with Gasteiger partial charge in [-0.1, -0.05) is 41.0 Å². The van der Waals surface area contributed by atoms with Crippen molar-refractivity contribution in [1.82, 2.24) is 0 Å². The van der Waals surface area contributed by atoms with Crippen molar-refractivity contribution in [3.63, 3.8) is 0 Å². The number of hydrogen-bond donors (Lipinski definition) is 1. The number of esters is 1. The lowest BCUT2D eigenvalue weighted by atomic mass is 9.96. The van der Waals surface area contributed by atoms with Crippen molar-refractivity contribution in [2.24, 2.45) is 5.92 Å². The van der Waals surface area contributed by atoms with Crippen molar-refractivity contribution in [3.8, 4) is 0 Å². The molecule has 0 aromatic rings. The molecule has 4 nitrogen and oxygen atoms in total. The first-order chi connectivity index (χ1) is 11.3. The van der Waals surface area contributed by atoms with Gasteiger partial charge in [0.15, 0.2) is 0 Å². The Balaban J connectivity index is 3.43. The smallest absolute Gasteiger partial charge is 0.342 e. The van der Waals surface area contributed by atoms with Crippen molar-refractivity contribution in [1.29, 1.82) is 0 Å². The van der Waals surface area contributed by atoms with Gasteiger partial charge in [0.2, 0.25) is 0 Å². The van der Waals surface area contributed by atoms with E-state index in [0.29, 0.717) is 35.5 Å². The van der Waals surface area contributed by atoms with Gasteiger partial charge < -0.3 is 14.6 Å². The zero-order valence-corrected chi connectivity index (χ0v) is 17.6. The summed E-state index contributed by atoms with van der Waals surface area (Å²) >= 11 is 2.20. The van der Waals surface area contributed by atoms with E-state index in [9.17, 15) is 9.90 Å². The summed E-state index contributed by atoms with van der Waals surface area (Å²) in [5.74, 6) is 0.885. The molecule has 1 aliphatic rings. The minimum atomic E-state index is -0.441. The second-order valence-electron chi connectivity index (χ2n) is 6.05. The van der Waals surface area contributed by atoms with Crippen LogP contribution in [0.2, 0.25) is 0 Å². The molecule has 6 heteroatoms. The van der Waals surface area contributed by atoms with E-state index in [4.69, 9.17) is 9.47 Å². The molecule has 0 atom stereocenters. The van der Waals surface area contributed by atoms with Crippen LogP contribution in [-0.2, 0) is 14.3 Å². The zero-order chi connectivity index (χ0) is 18.3. The topological polar surface area (TPSA) is 55.8 Å². The molecule has 1 fully saturated rings. The van der Waals surface area contributed by atoms with Crippen LogP contribution in [0.4, 0.5) is 0 Å². The molecule has 0 spiro atoms. The maximum atomic E-state index is 12.1. The summed E-state index contributed by atoms with van der Waals surface area (Å²) in [5, 5.41) is 10.6. The summed E-state index contributed by atoms with van der Waals surface area (Å²) in [6.07, 6.45) is 2.50. The molecule has 0 amide bonds. The highest BCUT2D eigenvalue weighted by molar-refractivity contribution is 14.2. The Morgan fingerprint density at radius 1 is 1.50 bits per heavy atom. The third-order valence-electron chi connectivity index (χ3n) is 3.41. The molecule has 134 valence electrons. The van der Waals surface area contributed by atoms with E-state index in [0.717, 1.165) is 11.3 Å². The highest BCUT2D eigenvalue weighted by Gasteiger charge is 2.31. The van der Waals surface area contributed by atoms with Crippen LogP contribution in [0.3, 0.4) is 0 Å². The van der Waals surface area contributed by atoms with Crippen LogP contribution in [-0.4, -0.2) is 30.0 Å². The minimum absolute atomic E-state index is 0.0746. The van der Waals surface area contributed by atoms with Gasteiger partial charge in [0.05, 0.1) is 6.61 Å². The molecule has 0 unspecified atom stereocenters. The van der Waals surface area contributed by atoms with E-state index >= 15 is 0 Å². The van der Waals surface area contributed by atoms with Gasteiger partial charge in [-0.2, -0.15) is 0 Å². The summed E-state index contributed by atoms with van der Waals surface area (Å²) in [7, 11) is 1.63. The van der Waals surface area contributed by atoms with E-state index in [1.165, 1.54) is 0 Å². The molecule has 0 saturated carbocycles. The van der Waals surface area contributed by atoms with Crippen LogP contribution >= 0.6 is 30.1 Å². The Morgan fingerprint density at radius 2 is 2.17 bits per heavy atom. The fourth-order valence-electron chi connectivity index (χ4n) is 2.15. The number of carbonyl (C=O) groups is 1. The average Bonchev–Trinajstić information content (AvgIpc) is 2.84. The van der Waals surface area contributed by atoms with Gasteiger partial charge in [-0.15, -0.1) is 0 Å². The standard InChI is InChI=1S/C18H25IO4S/c1-11(2)6-7-14(16(20)12(3)4)17(22-8-9-24-19)15-13(5)10-23-18(15)21/h6,12,20H,5,7-10H2,1-4H3/b16-14+,17-15-.